The minimum absolute atomic E-state index is 0.00970. The fourth-order valence-electron chi connectivity index (χ4n) is 2.88. The van der Waals surface area contributed by atoms with Crippen molar-refractivity contribution in [3.8, 4) is 0 Å². The summed E-state index contributed by atoms with van der Waals surface area (Å²) in [5.41, 5.74) is 0.835. The van der Waals surface area contributed by atoms with Gasteiger partial charge in [0.2, 0.25) is 11.8 Å². The molecular weight excluding hydrogens is 300 g/mol. The van der Waals surface area contributed by atoms with Crippen LogP contribution in [0.4, 0.5) is 0 Å². The molecule has 22 heavy (non-hydrogen) atoms. The third-order valence-corrected chi connectivity index (χ3v) is 5.22. The number of likely N-dealkylation sites (tertiary alicyclic amines) is 1. The molecule has 7 heteroatoms. The largest absolute Gasteiger partial charge is 0.341 e. The quantitative estimate of drug-likeness (QED) is 0.799. The highest BCUT2D eigenvalue weighted by Gasteiger charge is 2.38. The zero-order valence-corrected chi connectivity index (χ0v) is 13.9. The van der Waals surface area contributed by atoms with Gasteiger partial charge in [-0.05, 0) is 14.0 Å². The van der Waals surface area contributed by atoms with Gasteiger partial charge in [-0.2, -0.15) is 0 Å². The maximum absolute atomic E-state index is 12.4. The number of hydrogen-bond acceptors (Lipinski definition) is 5. The normalized spacial score (nSPS) is 20.1. The molecule has 0 aromatic carbocycles. The van der Waals surface area contributed by atoms with Crippen molar-refractivity contribution in [2.75, 3.05) is 46.3 Å². The van der Waals surface area contributed by atoms with E-state index in [9.17, 15) is 9.59 Å². The Kier molecular flexibility index (Phi) is 4.44. The second-order valence-corrected chi connectivity index (χ2v) is 7.22. The monoisotopic (exact) mass is 322 g/mol. The SMILES string of the molecule is Cc1nc(CC(=O)N2CC(C(=O)N3CCN(C)CC3)C2)cs1. The number of amides is 2. The van der Waals surface area contributed by atoms with Crippen molar-refractivity contribution in [2.45, 2.75) is 13.3 Å². The van der Waals surface area contributed by atoms with Crippen molar-refractivity contribution in [3.63, 3.8) is 0 Å². The zero-order chi connectivity index (χ0) is 15.7. The predicted octanol–water partition coefficient (Wildman–Crippen LogP) is 0.226. The second-order valence-electron chi connectivity index (χ2n) is 6.16. The number of hydrogen-bond donors (Lipinski definition) is 0. The smallest absolute Gasteiger partial charge is 0.229 e. The van der Waals surface area contributed by atoms with Gasteiger partial charge in [0.05, 0.1) is 23.0 Å². The van der Waals surface area contributed by atoms with Crippen molar-refractivity contribution >= 4 is 23.2 Å². The zero-order valence-electron chi connectivity index (χ0n) is 13.1. The summed E-state index contributed by atoms with van der Waals surface area (Å²) in [6, 6.07) is 0. The molecule has 3 heterocycles. The van der Waals surface area contributed by atoms with Crippen molar-refractivity contribution in [1.82, 2.24) is 19.7 Å². The summed E-state index contributed by atoms with van der Waals surface area (Å²) >= 11 is 1.56. The van der Waals surface area contributed by atoms with E-state index >= 15 is 0 Å². The minimum Gasteiger partial charge on any atom is -0.341 e. The topological polar surface area (TPSA) is 56.8 Å². The van der Waals surface area contributed by atoms with E-state index in [2.05, 4.69) is 16.9 Å². The lowest BCUT2D eigenvalue weighted by Crippen LogP contribution is -2.59. The summed E-state index contributed by atoms with van der Waals surface area (Å²) in [6.45, 7) is 6.54. The van der Waals surface area contributed by atoms with Crippen molar-refractivity contribution < 1.29 is 9.59 Å². The summed E-state index contributed by atoms with van der Waals surface area (Å²) < 4.78 is 0. The first-order valence-electron chi connectivity index (χ1n) is 7.69. The molecule has 0 unspecified atom stereocenters. The fraction of sp³-hybridized carbons (Fsp3) is 0.667. The van der Waals surface area contributed by atoms with Gasteiger partial charge in [0.1, 0.15) is 0 Å². The Labute approximate surface area is 134 Å². The minimum atomic E-state index is -0.00970. The molecule has 0 saturated carbocycles. The Morgan fingerprint density at radius 1 is 1.23 bits per heavy atom. The molecule has 2 aliphatic heterocycles. The molecule has 2 aliphatic rings. The standard InChI is InChI=1S/C15H22N4O2S/c1-11-16-13(10-22-11)7-14(20)19-8-12(9-19)15(21)18-5-3-17(2)4-6-18/h10,12H,3-9H2,1-2H3. The van der Waals surface area contributed by atoms with Gasteiger partial charge in [-0.25, -0.2) is 4.98 Å². The van der Waals surface area contributed by atoms with E-state index in [1.807, 2.05) is 17.2 Å². The number of carbonyl (C=O) groups excluding carboxylic acids is 2. The Hall–Kier alpha value is -1.47. The van der Waals surface area contributed by atoms with Crippen LogP contribution in [0.25, 0.3) is 0 Å². The molecular formula is C15H22N4O2S. The van der Waals surface area contributed by atoms with Crippen LogP contribution in [-0.2, 0) is 16.0 Å². The Bertz CT molecular complexity index is 560. The molecule has 0 atom stereocenters. The predicted molar refractivity (Wildman–Crippen MR) is 84.7 cm³/mol. The van der Waals surface area contributed by atoms with Crippen molar-refractivity contribution in [1.29, 1.82) is 0 Å². The van der Waals surface area contributed by atoms with Gasteiger partial charge in [-0.1, -0.05) is 0 Å². The molecule has 3 rings (SSSR count). The molecule has 6 nitrogen and oxygen atoms in total. The molecule has 2 amide bonds. The molecule has 0 spiro atoms. The average molecular weight is 322 g/mol. The van der Waals surface area contributed by atoms with E-state index in [4.69, 9.17) is 0 Å². The third kappa shape index (κ3) is 3.30. The van der Waals surface area contributed by atoms with Gasteiger partial charge in [0, 0.05) is 44.6 Å². The van der Waals surface area contributed by atoms with Gasteiger partial charge in [-0.15, -0.1) is 11.3 Å². The summed E-state index contributed by atoms with van der Waals surface area (Å²) in [5.74, 6) is 0.277. The lowest BCUT2D eigenvalue weighted by molar-refractivity contribution is -0.149. The molecule has 1 aromatic heterocycles. The summed E-state index contributed by atoms with van der Waals surface area (Å²) in [4.78, 5) is 34.8. The van der Waals surface area contributed by atoms with Crippen LogP contribution in [0.3, 0.4) is 0 Å². The summed E-state index contributed by atoms with van der Waals surface area (Å²) in [5, 5.41) is 2.91. The van der Waals surface area contributed by atoms with Crippen LogP contribution in [0.5, 0.6) is 0 Å². The molecule has 0 N–H and O–H groups in total. The maximum atomic E-state index is 12.4. The molecule has 0 bridgehead atoms. The maximum Gasteiger partial charge on any atom is 0.229 e. The Morgan fingerprint density at radius 3 is 2.50 bits per heavy atom. The van der Waals surface area contributed by atoms with E-state index in [1.165, 1.54) is 0 Å². The second kappa shape index (κ2) is 6.34. The molecule has 2 fully saturated rings. The van der Waals surface area contributed by atoms with E-state index in [-0.39, 0.29) is 17.7 Å². The molecule has 1 aromatic rings. The Morgan fingerprint density at radius 2 is 1.91 bits per heavy atom. The van der Waals surface area contributed by atoms with Gasteiger partial charge >= 0.3 is 0 Å². The Balaban J connectivity index is 1.45. The van der Waals surface area contributed by atoms with Crippen LogP contribution in [0, 0.1) is 12.8 Å². The summed E-state index contributed by atoms with van der Waals surface area (Å²) in [7, 11) is 2.08. The number of aryl methyl sites for hydroxylation is 1. The molecule has 0 aliphatic carbocycles. The number of carbonyl (C=O) groups is 2. The highest BCUT2D eigenvalue weighted by atomic mass is 32.1. The number of piperazine rings is 1. The first-order valence-corrected chi connectivity index (χ1v) is 8.57. The van der Waals surface area contributed by atoms with E-state index < -0.39 is 0 Å². The first-order chi connectivity index (χ1) is 10.5. The fourth-order valence-corrected chi connectivity index (χ4v) is 3.49. The van der Waals surface area contributed by atoms with Gasteiger partial charge < -0.3 is 14.7 Å². The highest BCUT2D eigenvalue weighted by Crippen LogP contribution is 2.20. The van der Waals surface area contributed by atoms with Crippen LogP contribution in [-0.4, -0.2) is 77.8 Å². The number of likely N-dealkylation sites (N-methyl/N-ethyl adjacent to an activating group) is 1. The van der Waals surface area contributed by atoms with Crippen LogP contribution in [0.1, 0.15) is 10.7 Å². The number of nitrogens with zero attached hydrogens (tertiary/aromatic N) is 4. The summed E-state index contributed by atoms with van der Waals surface area (Å²) in [6.07, 6.45) is 0.347. The lowest BCUT2D eigenvalue weighted by atomic mass is 9.97. The average Bonchev–Trinajstić information content (AvgIpc) is 2.83. The molecule has 120 valence electrons. The van der Waals surface area contributed by atoms with Crippen LogP contribution in [0.2, 0.25) is 0 Å². The lowest BCUT2D eigenvalue weighted by Gasteiger charge is -2.42. The van der Waals surface area contributed by atoms with Gasteiger partial charge in [0.25, 0.3) is 0 Å². The van der Waals surface area contributed by atoms with E-state index in [1.54, 1.807) is 16.2 Å². The van der Waals surface area contributed by atoms with Crippen LogP contribution < -0.4 is 0 Å². The van der Waals surface area contributed by atoms with Crippen LogP contribution in [0.15, 0.2) is 5.38 Å². The number of aromatic nitrogens is 1. The first kappa shape index (κ1) is 15.4. The molecule has 2 saturated heterocycles. The number of thiazole rings is 1. The van der Waals surface area contributed by atoms with Gasteiger partial charge in [0.15, 0.2) is 0 Å². The van der Waals surface area contributed by atoms with E-state index in [0.29, 0.717) is 19.5 Å². The third-order valence-electron chi connectivity index (χ3n) is 4.40. The number of rotatable bonds is 3. The van der Waals surface area contributed by atoms with Crippen LogP contribution >= 0.6 is 11.3 Å². The van der Waals surface area contributed by atoms with Crippen molar-refractivity contribution in [2.24, 2.45) is 5.92 Å². The highest BCUT2D eigenvalue weighted by molar-refractivity contribution is 7.09. The van der Waals surface area contributed by atoms with E-state index in [0.717, 1.165) is 36.9 Å². The molecule has 0 radical (unpaired) electrons. The van der Waals surface area contributed by atoms with Gasteiger partial charge in [-0.3, -0.25) is 9.59 Å². The van der Waals surface area contributed by atoms with Crippen molar-refractivity contribution in [3.05, 3.63) is 16.1 Å².